The minimum absolute atomic E-state index is 0. The largest absolute Gasteiger partial charge is 1.00 e. The zero-order valence-corrected chi connectivity index (χ0v) is 18.5. The molecule has 0 saturated heterocycles. The van der Waals surface area contributed by atoms with E-state index < -0.39 is 15.4 Å². The van der Waals surface area contributed by atoms with Crippen LogP contribution in [0.2, 0.25) is 0 Å². The Morgan fingerprint density at radius 2 is 1.96 bits per heavy atom. The molecule has 2 N–H and O–H groups in total. The van der Waals surface area contributed by atoms with Gasteiger partial charge in [-0.05, 0) is 23.4 Å². The molecule has 0 saturated carbocycles. The fourth-order valence-corrected chi connectivity index (χ4v) is 3.96. The van der Waals surface area contributed by atoms with E-state index in [1.54, 1.807) is 17.0 Å². The highest BCUT2D eigenvalue weighted by atomic mass is 79.9. The van der Waals surface area contributed by atoms with E-state index in [9.17, 15) is 17.8 Å². The van der Waals surface area contributed by atoms with Gasteiger partial charge in [0.25, 0.3) is 16.0 Å². The number of carbonyl (C=O) groups excluding carboxylic acids is 1. The lowest BCUT2D eigenvalue weighted by Crippen LogP contribution is -3.00. The first-order valence-corrected chi connectivity index (χ1v) is 10.3. The molecular weight excluding hydrogens is 456 g/mol. The van der Waals surface area contributed by atoms with Gasteiger partial charge in [0.05, 0.1) is 0 Å². The Labute approximate surface area is 173 Å². The van der Waals surface area contributed by atoms with Gasteiger partial charge in [-0.25, -0.2) is 4.98 Å². The summed E-state index contributed by atoms with van der Waals surface area (Å²) in [6.07, 6.45) is 5.21. The van der Waals surface area contributed by atoms with Crippen molar-refractivity contribution in [2.24, 2.45) is 5.41 Å². The topological polar surface area (TPSA) is 113 Å². The summed E-state index contributed by atoms with van der Waals surface area (Å²) in [5, 5.41) is 2.34. The average molecular weight is 479 g/mol. The van der Waals surface area contributed by atoms with E-state index in [2.05, 4.69) is 14.7 Å². The molecule has 2 aromatic rings. The Morgan fingerprint density at radius 1 is 1.33 bits per heavy atom. The molecule has 2 rings (SSSR count). The molecule has 0 fully saturated rings. The van der Waals surface area contributed by atoms with Gasteiger partial charge in [0, 0.05) is 24.2 Å². The summed E-state index contributed by atoms with van der Waals surface area (Å²) in [4.78, 5) is 16.2. The molecule has 0 bridgehead atoms. The van der Waals surface area contributed by atoms with Gasteiger partial charge < -0.3 is 22.3 Å². The van der Waals surface area contributed by atoms with Crippen molar-refractivity contribution in [3.8, 4) is 10.6 Å². The van der Waals surface area contributed by atoms with Crippen molar-refractivity contribution in [2.75, 3.05) is 6.54 Å². The zero-order valence-electron chi connectivity index (χ0n) is 15.3. The van der Waals surface area contributed by atoms with Crippen molar-refractivity contribution in [3.05, 3.63) is 30.9 Å². The minimum atomic E-state index is -4.23. The third-order valence-corrected chi connectivity index (χ3v) is 5.50. The quantitative estimate of drug-likeness (QED) is 0.362. The smallest absolute Gasteiger partial charge is 0.286 e. The van der Waals surface area contributed by atoms with Crippen LogP contribution >= 0.6 is 11.5 Å². The molecule has 0 aliphatic rings. The Hall–Kier alpha value is -1.43. The Kier molecular flexibility index (Phi) is 8.46. The highest BCUT2D eigenvalue weighted by molar-refractivity contribution is 7.86. The minimum Gasteiger partial charge on any atom is -1.00 e. The van der Waals surface area contributed by atoms with E-state index in [-0.39, 0.29) is 47.8 Å². The van der Waals surface area contributed by atoms with Crippen LogP contribution in [-0.2, 0) is 21.5 Å². The van der Waals surface area contributed by atoms with Crippen LogP contribution in [0.3, 0.4) is 0 Å². The number of nitrogens with one attached hydrogen (secondary N) is 1. The monoisotopic (exact) mass is 478 g/mol. The molecule has 0 radical (unpaired) electrons. The SMILES string of the molecule is CC(C)(C)CC(CNC(=O)C[n+]1ccc(-c2ncns2)cc1)S(=O)(=O)O.[Br-]. The number of aromatic nitrogens is 3. The summed E-state index contributed by atoms with van der Waals surface area (Å²) in [6, 6.07) is 3.66. The number of nitrogens with zero attached hydrogens (tertiary/aromatic N) is 3. The maximum absolute atomic E-state index is 12.1. The molecule has 0 spiro atoms. The molecule has 1 amide bonds. The predicted octanol–water partition coefficient (Wildman–Crippen LogP) is -1.69. The van der Waals surface area contributed by atoms with Crippen LogP contribution in [0.5, 0.6) is 0 Å². The van der Waals surface area contributed by atoms with Gasteiger partial charge >= 0.3 is 0 Å². The molecule has 1 unspecified atom stereocenters. The second kappa shape index (κ2) is 9.67. The van der Waals surface area contributed by atoms with Crippen molar-refractivity contribution in [1.29, 1.82) is 0 Å². The van der Waals surface area contributed by atoms with Gasteiger partial charge in [-0.1, -0.05) is 20.8 Å². The standard InChI is InChI=1S/C16H22N4O4S2.BrH/c1-16(2,3)8-13(26(22,23)24)9-17-14(21)10-20-6-4-12(5-7-20)15-18-11-19-25-15;/h4-7,11,13H,8-10H2,1-3H3,(H-,17,21,22,23,24);1H. The molecule has 11 heteroatoms. The van der Waals surface area contributed by atoms with E-state index >= 15 is 0 Å². The highest BCUT2D eigenvalue weighted by Gasteiger charge is 2.29. The summed E-state index contributed by atoms with van der Waals surface area (Å²) in [7, 11) is -4.23. The fourth-order valence-electron chi connectivity index (χ4n) is 2.42. The third kappa shape index (κ3) is 7.99. The van der Waals surface area contributed by atoms with Crippen molar-refractivity contribution in [2.45, 2.75) is 39.0 Å². The molecule has 2 aromatic heterocycles. The van der Waals surface area contributed by atoms with Gasteiger partial charge in [0.15, 0.2) is 12.4 Å². The number of amides is 1. The van der Waals surface area contributed by atoms with E-state index in [1.165, 1.54) is 17.9 Å². The summed E-state index contributed by atoms with van der Waals surface area (Å²) < 4.78 is 38.0. The lowest BCUT2D eigenvalue weighted by molar-refractivity contribution is -0.684. The fraction of sp³-hybridized carbons (Fsp3) is 0.500. The number of hydrogen-bond acceptors (Lipinski definition) is 6. The highest BCUT2D eigenvalue weighted by Crippen LogP contribution is 2.23. The third-order valence-electron chi connectivity index (χ3n) is 3.61. The number of hydrogen-bond donors (Lipinski definition) is 2. The van der Waals surface area contributed by atoms with E-state index in [1.807, 2.05) is 32.9 Å². The maximum Gasteiger partial charge on any atom is 0.286 e. The molecule has 27 heavy (non-hydrogen) atoms. The maximum atomic E-state index is 12.1. The molecule has 2 heterocycles. The molecule has 1 atom stereocenters. The van der Waals surface area contributed by atoms with Crippen LogP contribution in [0.25, 0.3) is 10.6 Å². The zero-order chi connectivity index (χ0) is 19.4. The van der Waals surface area contributed by atoms with Crippen LogP contribution in [0.4, 0.5) is 0 Å². The molecule has 0 aliphatic heterocycles. The van der Waals surface area contributed by atoms with Crippen LogP contribution in [0.15, 0.2) is 30.9 Å². The summed E-state index contributed by atoms with van der Waals surface area (Å²) >= 11 is 1.28. The number of rotatable bonds is 7. The Morgan fingerprint density at radius 3 is 2.44 bits per heavy atom. The van der Waals surface area contributed by atoms with Crippen LogP contribution in [0.1, 0.15) is 27.2 Å². The van der Waals surface area contributed by atoms with Crippen molar-refractivity contribution in [3.63, 3.8) is 0 Å². The van der Waals surface area contributed by atoms with Crippen LogP contribution < -0.4 is 26.9 Å². The number of halogens is 1. The molecule has 150 valence electrons. The van der Waals surface area contributed by atoms with Crippen molar-refractivity contribution < 1.29 is 39.3 Å². The van der Waals surface area contributed by atoms with Gasteiger partial charge in [-0.3, -0.25) is 9.35 Å². The van der Waals surface area contributed by atoms with E-state index in [4.69, 9.17) is 0 Å². The second-order valence-electron chi connectivity index (χ2n) is 7.21. The Balaban J connectivity index is 0.00000364. The van der Waals surface area contributed by atoms with Gasteiger partial charge in [-0.2, -0.15) is 17.4 Å². The van der Waals surface area contributed by atoms with Gasteiger partial charge in [0.1, 0.15) is 16.6 Å². The lowest BCUT2D eigenvalue weighted by atomic mass is 9.90. The summed E-state index contributed by atoms with van der Waals surface area (Å²) in [5.41, 5.74) is 0.612. The molecular formula is C16H23BrN4O4S2. The van der Waals surface area contributed by atoms with Crippen molar-refractivity contribution >= 4 is 27.6 Å². The molecule has 0 aromatic carbocycles. The number of carbonyl (C=O) groups is 1. The van der Waals surface area contributed by atoms with Crippen LogP contribution in [0, 0.1) is 5.41 Å². The van der Waals surface area contributed by atoms with Gasteiger partial charge in [-0.15, -0.1) is 0 Å². The molecule has 0 aliphatic carbocycles. The first-order chi connectivity index (χ1) is 12.0. The Bertz CT molecular complexity index is 834. The van der Waals surface area contributed by atoms with E-state index in [0.717, 1.165) is 10.6 Å². The summed E-state index contributed by atoms with van der Waals surface area (Å²) in [6.45, 7) is 5.55. The normalized spacial score (nSPS) is 12.9. The van der Waals surface area contributed by atoms with Crippen molar-refractivity contribution in [1.82, 2.24) is 14.7 Å². The second-order valence-corrected chi connectivity index (χ2v) is 9.69. The van der Waals surface area contributed by atoms with E-state index in [0.29, 0.717) is 0 Å². The first kappa shape index (κ1) is 23.6. The van der Waals surface area contributed by atoms with Crippen LogP contribution in [-0.4, -0.2) is 40.0 Å². The lowest BCUT2D eigenvalue weighted by Gasteiger charge is -2.24. The number of pyridine rings is 1. The first-order valence-electron chi connectivity index (χ1n) is 8.04. The predicted molar refractivity (Wildman–Crippen MR) is 98.0 cm³/mol. The average Bonchev–Trinajstić information content (AvgIpc) is 3.04. The summed E-state index contributed by atoms with van der Waals surface area (Å²) in [5.74, 6) is -0.332. The van der Waals surface area contributed by atoms with Gasteiger partial charge in [0.2, 0.25) is 6.54 Å². The molecule has 8 nitrogen and oxygen atoms in total.